The number of carboxylic acids is 1. The predicted molar refractivity (Wildman–Crippen MR) is 150 cm³/mol. The zero-order valence-corrected chi connectivity index (χ0v) is 24.8. The third-order valence-corrected chi connectivity index (χ3v) is 6.05. The van der Waals surface area contributed by atoms with E-state index in [4.69, 9.17) is 15.2 Å². The van der Waals surface area contributed by atoms with Gasteiger partial charge in [-0.1, -0.05) is 0 Å². The first-order valence-electron chi connectivity index (χ1n) is 13.2. The Bertz CT molecular complexity index is 1590. The van der Waals surface area contributed by atoms with E-state index in [0.717, 1.165) is 23.1 Å². The Morgan fingerprint density at radius 3 is 2.24 bits per heavy atom. The van der Waals surface area contributed by atoms with E-state index in [1.165, 1.54) is 19.2 Å². The molecule has 17 heteroatoms. The lowest BCUT2D eigenvalue weighted by atomic mass is 10.1. The second kappa shape index (κ2) is 13.6. The maximum Gasteiger partial charge on any atom is 0.573 e. The molecule has 0 aliphatic heterocycles. The summed E-state index contributed by atoms with van der Waals surface area (Å²) in [6.07, 6.45) is -11.3. The van der Waals surface area contributed by atoms with Crippen LogP contribution in [0.3, 0.4) is 0 Å². The highest BCUT2D eigenvalue weighted by Crippen LogP contribution is 2.37. The number of amides is 1. The van der Waals surface area contributed by atoms with Gasteiger partial charge in [0.05, 0.1) is 41.9 Å². The molecule has 1 heterocycles. The van der Waals surface area contributed by atoms with Gasteiger partial charge in [0.1, 0.15) is 17.2 Å². The first-order chi connectivity index (χ1) is 21.2. The summed E-state index contributed by atoms with van der Waals surface area (Å²) in [4.78, 5) is 30.3. The minimum atomic E-state index is -5.21. The van der Waals surface area contributed by atoms with Crippen LogP contribution >= 0.6 is 0 Å². The van der Waals surface area contributed by atoms with Gasteiger partial charge in [-0.05, 0) is 62.7 Å². The molecular formula is C29H29F7N4O6. The van der Waals surface area contributed by atoms with Crippen LogP contribution in [0.2, 0.25) is 0 Å². The third-order valence-electron chi connectivity index (χ3n) is 6.05. The van der Waals surface area contributed by atoms with Crippen molar-refractivity contribution in [3.63, 3.8) is 0 Å². The summed E-state index contributed by atoms with van der Waals surface area (Å²) in [6.45, 7) is 3.98. The molecule has 0 bridgehead atoms. The third kappa shape index (κ3) is 9.77. The maximum atomic E-state index is 14.2. The number of benzene rings is 2. The molecular weight excluding hydrogens is 633 g/mol. The van der Waals surface area contributed by atoms with Crippen molar-refractivity contribution in [2.45, 2.75) is 51.9 Å². The summed E-state index contributed by atoms with van der Waals surface area (Å²) in [7, 11) is 1.37. The first-order valence-corrected chi connectivity index (χ1v) is 13.2. The summed E-state index contributed by atoms with van der Waals surface area (Å²) in [5.74, 6) is -4.20. The number of aromatic nitrogens is 1. The summed E-state index contributed by atoms with van der Waals surface area (Å²) in [5.41, 5.74) is 1.68. The molecule has 2 aromatic carbocycles. The molecule has 0 atom stereocenters. The number of carbonyl (C=O) groups is 2. The Morgan fingerprint density at radius 2 is 1.67 bits per heavy atom. The van der Waals surface area contributed by atoms with Crippen LogP contribution in [0.25, 0.3) is 0 Å². The number of hydrogen-bond acceptors (Lipinski definition) is 8. The molecule has 10 nitrogen and oxygen atoms in total. The number of halogens is 7. The highest BCUT2D eigenvalue weighted by atomic mass is 19.4. The highest BCUT2D eigenvalue weighted by molar-refractivity contribution is 5.95. The van der Waals surface area contributed by atoms with Crippen molar-refractivity contribution in [1.82, 2.24) is 9.88 Å². The smallest absolute Gasteiger partial charge is 0.481 e. The first kappa shape index (κ1) is 35.5. The maximum absolute atomic E-state index is 14.2. The van der Waals surface area contributed by atoms with Crippen molar-refractivity contribution in [2.24, 2.45) is 0 Å². The molecule has 250 valence electrons. The summed E-state index contributed by atoms with van der Waals surface area (Å²) >= 11 is 0. The largest absolute Gasteiger partial charge is 0.573 e. The molecule has 4 N–H and O–H groups in total. The SMILES string of the molecule is COc1ccc(N)c(CCN(Cc2cc(OC(F)(F)F)ccc2Nc2cc(C(F)(F)F)c(F)cc2C(=O)O)C(=O)OC(C)(C)C)n1. The Kier molecular flexibility index (Phi) is 10.5. The molecule has 0 aliphatic carbocycles. The van der Waals surface area contributed by atoms with Gasteiger partial charge >= 0.3 is 24.6 Å². The van der Waals surface area contributed by atoms with Crippen molar-refractivity contribution in [1.29, 1.82) is 0 Å². The number of carboxylic acid groups (broad SMARTS) is 1. The lowest BCUT2D eigenvalue weighted by Gasteiger charge is -2.28. The molecule has 0 spiro atoms. The van der Waals surface area contributed by atoms with Gasteiger partial charge in [0, 0.05) is 24.7 Å². The fraction of sp³-hybridized carbons (Fsp3) is 0.345. The zero-order valence-electron chi connectivity index (χ0n) is 24.8. The van der Waals surface area contributed by atoms with Crippen LogP contribution in [-0.2, 0) is 23.9 Å². The average Bonchev–Trinajstić information content (AvgIpc) is 2.91. The summed E-state index contributed by atoms with van der Waals surface area (Å²) < 4.78 is 108. The summed E-state index contributed by atoms with van der Waals surface area (Å²) in [5, 5.41) is 12.0. The van der Waals surface area contributed by atoms with E-state index >= 15 is 0 Å². The summed E-state index contributed by atoms with van der Waals surface area (Å²) in [6, 6.07) is 6.01. The number of nitrogens with zero attached hydrogens (tertiary/aromatic N) is 2. The molecule has 0 fully saturated rings. The van der Waals surface area contributed by atoms with E-state index in [0.29, 0.717) is 5.69 Å². The quantitative estimate of drug-likeness (QED) is 0.193. The number of alkyl halides is 6. The number of nitrogens with two attached hydrogens (primary N) is 1. The number of ether oxygens (including phenoxy) is 3. The van der Waals surface area contributed by atoms with Crippen LogP contribution < -0.4 is 20.5 Å². The highest BCUT2D eigenvalue weighted by Gasteiger charge is 2.36. The molecule has 0 radical (unpaired) electrons. The Balaban J connectivity index is 2.12. The fourth-order valence-electron chi connectivity index (χ4n) is 4.05. The van der Waals surface area contributed by atoms with Gasteiger partial charge in [-0.25, -0.2) is 19.0 Å². The van der Waals surface area contributed by atoms with E-state index in [1.807, 2.05) is 0 Å². The van der Waals surface area contributed by atoms with Crippen LogP contribution in [0, 0.1) is 5.82 Å². The van der Waals surface area contributed by atoms with Crippen molar-refractivity contribution >= 4 is 29.1 Å². The molecule has 1 amide bonds. The van der Waals surface area contributed by atoms with Crippen LogP contribution in [0.5, 0.6) is 11.6 Å². The number of carbonyl (C=O) groups excluding carboxylic acids is 1. The van der Waals surface area contributed by atoms with Crippen LogP contribution in [0.15, 0.2) is 42.5 Å². The topological polar surface area (TPSA) is 136 Å². The molecule has 3 aromatic rings. The lowest BCUT2D eigenvalue weighted by Crippen LogP contribution is -2.38. The van der Waals surface area contributed by atoms with E-state index < -0.39 is 65.1 Å². The second-order valence-electron chi connectivity index (χ2n) is 10.7. The molecule has 1 aromatic heterocycles. The van der Waals surface area contributed by atoms with Gasteiger partial charge in [0.15, 0.2) is 0 Å². The van der Waals surface area contributed by atoms with Crippen molar-refractivity contribution in [3.8, 4) is 11.6 Å². The molecule has 0 saturated carbocycles. The fourth-order valence-corrected chi connectivity index (χ4v) is 4.05. The van der Waals surface area contributed by atoms with Gasteiger partial charge < -0.3 is 35.3 Å². The minimum Gasteiger partial charge on any atom is -0.481 e. The number of rotatable bonds is 10. The van der Waals surface area contributed by atoms with Gasteiger partial charge in [-0.2, -0.15) is 13.2 Å². The number of nitrogen functional groups attached to an aromatic ring is 1. The van der Waals surface area contributed by atoms with Crippen LogP contribution in [0.4, 0.5) is 52.6 Å². The van der Waals surface area contributed by atoms with Crippen molar-refractivity contribution < 1.29 is 59.6 Å². The van der Waals surface area contributed by atoms with Gasteiger partial charge in [-0.15, -0.1) is 13.2 Å². The normalized spacial score (nSPS) is 12.0. The Morgan fingerprint density at radius 1 is 1.00 bits per heavy atom. The van der Waals surface area contributed by atoms with E-state index in [-0.39, 0.29) is 47.9 Å². The number of anilines is 3. The van der Waals surface area contributed by atoms with Crippen LogP contribution in [0.1, 0.15) is 48.0 Å². The molecule has 46 heavy (non-hydrogen) atoms. The minimum absolute atomic E-state index is 0.000152. The Hall–Kier alpha value is -4.96. The van der Waals surface area contributed by atoms with Gasteiger partial charge in [0.25, 0.3) is 0 Å². The lowest BCUT2D eigenvalue weighted by molar-refractivity contribution is -0.274. The molecule has 3 rings (SSSR count). The van der Waals surface area contributed by atoms with E-state index in [9.17, 15) is 45.4 Å². The number of pyridine rings is 1. The van der Waals surface area contributed by atoms with Crippen LogP contribution in [-0.4, -0.2) is 52.7 Å². The zero-order chi connectivity index (χ0) is 34.6. The Labute approximate surface area is 257 Å². The molecule has 0 saturated heterocycles. The van der Waals surface area contributed by atoms with Crippen molar-refractivity contribution in [3.05, 3.63) is 70.7 Å². The van der Waals surface area contributed by atoms with Gasteiger partial charge in [0.2, 0.25) is 5.88 Å². The predicted octanol–water partition coefficient (Wildman–Crippen LogP) is 7.15. The molecule has 0 unspecified atom stereocenters. The number of nitrogens with one attached hydrogen (secondary N) is 1. The number of hydrogen-bond donors (Lipinski definition) is 3. The molecule has 0 aliphatic rings. The van der Waals surface area contributed by atoms with Crippen molar-refractivity contribution in [2.75, 3.05) is 24.7 Å². The van der Waals surface area contributed by atoms with E-state index in [1.54, 1.807) is 20.8 Å². The monoisotopic (exact) mass is 662 g/mol. The standard InChI is InChI=1S/C29H29F7N4O6/c1-27(2,3)46-26(43)40(10-9-22-20(37)6-8-24(39-22)44-4)14-15-11-16(45-29(34,35)36)5-7-21(15)38-23-13-18(28(31,32)33)19(30)12-17(23)25(41)42/h5-8,11-13,38H,9-10,14,37H2,1-4H3,(H,41,42). The van der Waals surface area contributed by atoms with Gasteiger partial charge in [-0.3, -0.25) is 0 Å². The number of methoxy groups -OCH3 is 1. The second-order valence-corrected chi connectivity index (χ2v) is 10.7. The van der Waals surface area contributed by atoms with E-state index in [2.05, 4.69) is 15.0 Å². The average molecular weight is 663 g/mol. The number of aromatic carboxylic acids is 1.